The van der Waals surface area contributed by atoms with Gasteiger partial charge in [-0.25, -0.2) is 9.67 Å². The molecule has 1 aliphatic rings. The third kappa shape index (κ3) is 2.38. The molecule has 1 saturated carbocycles. The van der Waals surface area contributed by atoms with E-state index in [0.717, 1.165) is 0 Å². The van der Waals surface area contributed by atoms with E-state index in [4.69, 9.17) is 5.73 Å². The van der Waals surface area contributed by atoms with Crippen molar-refractivity contribution in [1.29, 1.82) is 0 Å². The average molecular weight is 223 g/mol. The maximum absolute atomic E-state index is 11.9. The topological polar surface area (TPSA) is 85.8 Å². The van der Waals surface area contributed by atoms with Crippen molar-refractivity contribution >= 4 is 5.91 Å². The zero-order valence-corrected chi connectivity index (χ0v) is 9.34. The predicted molar refractivity (Wildman–Crippen MR) is 58.4 cm³/mol. The minimum atomic E-state index is -0.338. The van der Waals surface area contributed by atoms with Gasteiger partial charge in [0.2, 0.25) is 5.91 Å². The molecule has 6 nitrogen and oxygen atoms in total. The van der Waals surface area contributed by atoms with Crippen LogP contribution in [0, 0.1) is 5.92 Å². The van der Waals surface area contributed by atoms with Crippen LogP contribution < -0.4 is 11.1 Å². The van der Waals surface area contributed by atoms with Crippen LogP contribution in [0.4, 0.5) is 0 Å². The standard InChI is InChI=1S/C10H17N5O/c1-7(15-6-12-5-13-15)10(16)14-9(4-11)8-2-3-8/h5-9H,2-4,11H2,1H3,(H,14,16). The third-order valence-electron chi connectivity index (χ3n) is 2.99. The fraction of sp³-hybridized carbons (Fsp3) is 0.700. The molecule has 0 bridgehead atoms. The molecule has 1 aliphatic carbocycles. The Bertz CT molecular complexity index is 346. The maximum atomic E-state index is 11.9. The van der Waals surface area contributed by atoms with Gasteiger partial charge in [0.15, 0.2) is 0 Å². The molecule has 3 N–H and O–H groups in total. The van der Waals surface area contributed by atoms with E-state index >= 15 is 0 Å². The van der Waals surface area contributed by atoms with Gasteiger partial charge in [-0.05, 0) is 25.7 Å². The Kier molecular flexibility index (Phi) is 3.19. The lowest BCUT2D eigenvalue weighted by molar-refractivity contribution is -0.124. The maximum Gasteiger partial charge on any atom is 0.244 e. The van der Waals surface area contributed by atoms with Crippen molar-refractivity contribution in [2.45, 2.75) is 31.8 Å². The highest BCUT2D eigenvalue weighted by atomic mass is 16.2. The number of rotatable bonds is 5. The van der Waals surface area contributed by atoms with E-state index < -0.39 is 0 Å². The van der Waals surface area contributed by atoms with Gasteiger partial charge in [0.05, 0.1) is 0 Å². The molecular formula is C10H17N5O. The summed E-state index contributed by atoms with van der Waals surface area (Å²) in [4.78, 5) is 15.7. The van der Waals surface area contributed by atoms with Gasteiger partial charge in [-0.1, -0.05) is 0 Å². The summed E-state index contributed by atoms with van der Waals surface area (Å²) in [6.07, 6.45) is 5.30. The zero-order valence-electron chi connectivity index (χ0n) is 9.34. The van der Waals surface area contributed by atoms with Crippen LogP contribution in [0.2, 0.25) is 0 Å². The lowest BCUT2D eigenvalue weighted by atomic mass is 10.1. The molecule has 2 rings (SSSR count). The quantitative estimate of drug-likeness (QED) is 0.717. The van der Waals surface area contributed by atoms with Crippen LogP contribution >= 0.6 is 0 Å². The van der Waals surface area contributed by atoms with E-state index in [-0.39, 0.29) is 18.0 Å². The van der Waals surface area contributed by atoms with Gasteiger partial charge < -0.3 is 11.1 Å². The Morgan fingerprint density at radius 2 is 2.44 bits per heavy atom. The number of hydrogen-bond donors (Lipinski definition) is 2. The van der Waals surface area contributed by atoms with E-state index in [1.54, 1.807) is 13.3 Å². The first-order valence-corrected chi connectivity index (χ1v) is 5.57. The number of nitrogens with one attached hydrogen (secondary N) is 1. The molecule has 88 valence electrons. The highest BCUT2D eigenvalue weighted by Gasteiger charge is 2.32. The van der Waals surface area contributed by atoms with Crippen molar-refractivity contribution < 1.29 is 4.79 Å². The minimum absolute atomic E-state index is 0.0483. The molecule has 6 heteroatoms. The van der Waals surface area contributed by atoms with Crippen molar-refractivity contribution in [3.8, 4) is 0 Å². The molecule has 2 unspecified atom stereocenters. The van der Waals surface area contributed by atoms with Crippen LogP contribution in [-0.2, 0) is 4.79 Å². The molecule has 16 heavy (non-hydrogen) atoms. The average Bonchev–Trinajstić information content (AvgIpc) is 2.99. The van der Waals surface area contributed by atoms with E-state index in [0.29, 0.717) is 12.5 Å². The van der Waals surface area contributed by atoms with Gasteiger partial charge in [0.1, 0.15) is 18.7 Å². The van der Waals surface area contributed by atoms with Crippen molar-refractivity contribution in [1.82, 2.24) is 20.1 Å². The van der Waals surface area contributed by atoms with Gasteiger partial charge in [-0.15, -0.1) is 0 Å². The Hall–Kier alpha value is -1.43. The summed E-state index contributed by atoms with van der Waals surface area (Å²) in [5, 5.41) is 6.91. The molecule has 2 atom stereocenters. The second-order valence-electron chi connectivity index (χ2n) is 4.24. The van der Waals surface area contributed by atoms with Crippen LogP contribution in [0.15, 0.2) is 12.7 Å². The second-order valence-corrected chi connectivity index (χ2v) is 4.24. The van der Waals surface area contributed by atoms with Gasteiger partial charge in [0.25, 0.3) is 0 Å². The third-order valence-corrected chi connectivity index (χ3v) is 2.99. The molecule has 0 radical (unpaired) electrons. The Labute approximate surface area is 94.2 Å². The van der Waals surface area contributed by atoms with Crippen LogP contribution in [0.5, 0.6) is 0 Å². The minimum Gasteiger partial charge on any atom is -0.350 e. The molecule has 1 aromatic rings. The highest BCUT2D eigenvalue weighted by Crippen LogP contribution is 2.32. The molecule has 0 spiro atoms. The number of aromatic nitrogens is 3. The first kappa shape index (κ1) is 11.1. The van der Waals surface area contributed by atoms with Gasteiger partial charge >= 0.3 is 0 Å². The number of amides is 1. The van der Waals surface area contributed by atoms with Gasteiger partial charge in [-0.3, -0.25) is 4.79 Å². The van der Waals surface area contributed by atoms with Crippen molar-refractivity contribution in [2.75, 3.05) is 6.54 Å². The SMILES string of the molecule is CC(C(=O)NC(CN)C1CC1)n1cncn1. The zero-order chi connectivity index (χ0) is 11.5. The van der Waals surface area contributed by atoms with E-state index in [2.05, 4.69) is 15.4 Å². The molecule has 1 fully saturated rings. The monoisotopic (exact) mass is 223 g/mol. The summed E-state index contributed by atoms with van der Waals surface area (Å²) in [5.41, 5.74) is 5.63. The van der Waals surface area contributed by atoms with E-state index in [9.17, 15) is 4.79 Å². The van der Waals surface area contributed by atoms with Crippen molar-refractivity contribution in [3.63, 3.8) is 0 Å². The first-order valence-electron chi connectivity index (χ1n) is 5.57. The van der Waals surface area contributed by atoms with E-state index in [1.807, 2.05) is 0 Å². The lowest BCUT2D eigenvalue weighted by Gasteiger charge is -2.19. The number of carbonyl (C=O) groups excluding carboxylic acids is 1. The predicted octanol–water partition coefficient (Wildman–Crippen LogP) is -0.307. The second kappa shape index (κ2) is 4.61. The van der Waals surface area contributed by atoms with Crippen molar-refractivity contribution in [2.24, 2.45) is 11.7 Å². The Morgan fingerprint density at radius 1 is 1.69 bits per heavy atom. The first-order chi connectivity index (χ1) is 7.72. The smallest absolute Gasteiger partial charge is 0.244 e. The summed E-state index contributed by atoms with van der Waals surface area (Å²) in [7, 11) is 0. The van der Waals surface area contributed by atoms with Crippen LogP contribution in [0.25, 0.3) is 0 Å². The largest absolute Gasteiger partial charge is 0.350 e. The molecule has 1 amide bonds. The fourth-order valence-corrected chi connectivity index (χ4v) is 1.71. The molecule has 1 heterocycles. The Balaban J connectivity index is 1.91. The van der Waals surface area contributed by atoms with Crippen LogP contribution in [0.3, 0.4) is 0 Å². The molecule has 0 aliphatic heterocycles. The number of hydrogen-bond acceptors (Lipinski definition) is 4. The molecule has 1 aromatic heterocycles. The Morgan fingerprint density at radius 3 is 2.94 bits per heavy atom. The van der Waals surface area contributed by atoms with Crippen molar-refractivity contribution in [3.05, 3.63) is 12.7 Å². The molecule has 0 saturated heterocycles. The number of nitrogens with two attached hydrogens (primary N) is 1. The summed E-state index contributed by atoms with van der Waals surface area (Å²) in [6, 6.07) is -0.228. The van der Waals surface area contributed by atoms with Crippen LogP contribution in [0.1, 0.15) is 25.8 Å². The lowest BCUT2D eigenvalue weighted by Crippen LogP contribution is -2.44. The summed E-state index contributed by atoms with van der Waals surface area (Å²) >= 11 is 0. The highest BCUT2D eigenvalue weighted by molar-refractivity contribution is 5.80. The fourth-order valence-electron chi connectivity index (χ4n) is 1.71. The summed E-state index contributed by atoms with van der Waals surface area (Å²) < 4.78 is 1.54. The van der Waals surface area contributed by atoms with E-state index in [1.165, 1.54) is 23.9 Å². The number of carbonyl (C=O) groups is 1. The summed E-state index contributed by atoms with van der Waals surface area (Å²) in [6.45, 7) is 2.30. The van der Waals surface area contributed by atoms with Gasteiger partial charge in [0, 0.05) is 12.6 Å². The molecular weight excluding hydrogens is 206 g/mol. The number of nitrogens with zero attached hydrogens (tertiary/aromatic N) is 3. The van der Waals surface area contributed by atoms with Gasteiger partial charge in [-0.2, -0.15) is 5.10 Å². The molecule has 0 aromatic carbocycles. The van der Waals surface area contributed by atoms with Crippen LogP contribution in [-0.4, -0.2) is 33.3 Å². The summed E-state index contributed by atoms with van der Waals surface area (Å²) in [5.74, 6) is 0.518. The normalized spacial score (nSPS) is 19.1.